The van der Waals surface area contributed by atoms with Crippen molar-refractivity contribution in [1.82, 2.24) is 0 Å². The van der Waals surface area contributed by atoms with Crippen LogP contribution in [0, 0.1) is 28.6 Å². The van der Waals surface area contributed by atoms with Crippen molar-refractivity contribution < 1.29 is 4.79 Å². The highest BCUT2D eigenvalue weighted by Crippen LogP contribution is 2.64. The van der Waals surface area contributed by atoms with E-state index in [2.05, 4.69) is 26.5 Å². The second-order valence-corrected chi connectivity index (χ2v) is 8.57. The van der Waals surface area contributed by atoms with Crippen LogP contribution in [0.2, 0.25) is 0 Å². The van der Waals surface area contributed by atoms with Crippen molar-refractivity contribution in [3.05, 3.63) is 23.8 Å². The summed E-state index contributed by atoms with van der Waals surface area (Å²) < 4.78 is 0. The van der Waals surface area contributed by atoms with E-state index in [-0.39, 0.29) is 0 Å². The fourth-order valence-corrected chi connectivity index (χ4v) is 6.23. The van der Waals surface area contributed by atoms with Gasteiger partial charge in [-0.25, -0.2) is 0 Å². The fraction of sp³-hybridized carbons (Fsp3) is 0.750. The summed E-state index contributed by atoms with van der Waals surface area (Å²) >= 11 is 0. The maximum absolute atomic E-state index is 11.9. The molecule has 0 bridgehead atoms. The number of ketones is 1. The van der Waals surface area contributed by atoms with Crippen molar-refractivity contribution in [3.63, 3.8) is 0 Å². The van der Waals surface area contributed by atoms with Crippen LogP contribution in [0.3, 0.4) is 0 Å². The summed E-state index contributed by atoms with van der Waals surface area (Å²) in [5, 5.41) is 0. The lowest BCUT2D eigenvalue weighted by molar-refractivity contribution is -0.125. The van der Waals surface area contributed by atoms with Gasteiger partial charge >= 0.3 is 0 Å². The monoisotopic (exact) mass is 284 g/mol. The molecule has 4 aliphatic carbocycles. The molecule has 0 amide bonds. The number of carbonyl (C=O) groups is 1. The average molecular weight is 284 g/mol. The Morgan fingerprint density at radius 2 is 1.95 bits per heavy atom. The predicted octanol–water partition coefficient (Wildman–Crippen LogP) is 5.07. The molecular formula is C20H28O. The minimum absolute atomic E-state index is 0.322. The zero-order valence-electron chi connectivity index (χ0n) is 13.6. The summed E-state index contributed by atoms with van der Waals surface area (Å²) in [4.78, 5) is 11.9. The number of carbonyl (C=O) groups excluding carboxylic acids is 1. The predicted molar refractivity (Wildman–Crippen MR) is 85.9 cm³/mol. The van der Waals surface area contributed by atoms with Crippen LogP contribution in [0.5, 0.6) is 0 Å². The van der Waals surface area contributed by atoms with Crippen molar-refractivity contribution in [2.24, 2.45) is 28.6 Å². The number of rotatable bonds is 0. The lowest BCUT2D eigenvalue weighted by Crippen LogP contribution is -2.47. The van der Waals surface area contributed by atoms with Crippen molar-refractivity contribution in [1.29, 1.82) is 0 Å². The molecule has 0 spiro atoms. The summed E-state index contributed by atoms with van der Waals surface area (Å²) in [7, 11) is 0. The van der Waals surface area contributed by atoms with Gasteiger partial charge in [-0.1, -0.05) is 37.6 Å². The van der Waals surface area contributed by atoms with Crippen molar-refractivity contribution in [2.75, 3.05) is 0 Å². The first kappa shape index (κ1) is 13.8. The van der Waals surface area contributed by atoms with E-state index in [0.717, 1.165) is 31.1 Å². The Morgan fingerprint density at radius 3 is 2.76 bits per heavy atom. The molecule has 4 rings (SSSR count). The van der Waals surface area contributed by atoms with Gasteiger partial charge in [-0.3, -0.25) is 4.79 Å². The van der Waals surface area contributed by atoms with Crippen LogP contribution in [0.4, 0.5) is 0 Å². The zero-order chi connectivity index (χ0) is 14.8. The molecule has 0 heterocycles. The van der Waals surface area contributed by atoms with Gasteiger partial charge in [-0.2, -0.15) is 0 Å². The summed E-state index contributed by atoms with van der Waals surface area (Å²) in [6, 6.07) is 0. The van der Waals surface area contributed by atoms with E-state index in [0.29, 0.717) is 22.5 Å². The van der Waals surface area contributed by atoms with Crippen molar-refractivity contribution >= 4 is 5.78 Å². The van der Waals surface area contributed by atoms with E-state index in [1.54, 1.807) is 5.57 Å². The molecule has 0 aromatic carbocycles. The maximum atomic E-state index is 11.9. The number of allylic oxidation sites excluding steroid dienone is 3. The molecule has 0 unspecified atom stereocenters. The van der Waals surface area contributed by atoms with Crippen LogP contribution in [-0.4, -0.2) is 5.78 Å². The van der Waals surface area contributed by atoms with Gasteiger partial charge in [0.25, 0.3) is 0 Å². The van der Waals surface area contributed by atoms with E-state index >= 15 is 0 Å². The number of fused-ring (bicyclic) bond motifs is 5. The summed E-state index contributed by atoms with van der Waals surface area (Å²) in [6.07, 6.45) is 11.7. The average Bonchev–Trinajstić information content (AvgIpc) is 2.76. The van der Waals surface area contributed by atoms with E-state index < -0.39 is 0 Å². The van der Waals surface area contributed by atoms with E-state index in [1.165, 1.54) is 37.7 Å². The van der Waals surface area contributed by atoms with Crippen LogP contribution in [0.25, 0.3) is 0 Å². The van der Waals surface area contributed by atoms with Gasteiger partial charge in [0, 0.05) is 12.8 Å². The Balaban J connectivity index is 1.72. The highest BCUT2D eigenvalue weighted by atomic mass is 16.1. The SMILES string of the molecule is C=C1CC[C@H]2[C@@H]3CC[C@@H]4CC(=O)CC[C@]4(C)C3=CC[C@]12C. The second kappa shape index (κ2) is 4.33. The molecule has 0 aliphatic heterocycles. The first-order valence-electron chi connectivity index (χ1n) is 8.85. The molecule has 0 aromatic heterocycles. The van der Waals surface area contributed by atoms with Gasteiger partial charge in [0.2, 0.25) is 0 Å². The molecule has 114 valence electrons. The standard InChI is InChI=1S/C20H28O/c1-13-4-7-17-16-6-5-14-12-15(21)8-10-20(14,3)18(16)9-11-19(13,17)2/h9,14,16-17H,1,4-8,10-12H2,2-3H3/t14-,16+,17+,19-,20+/m1/s1. The Bertz CT molecular complexity index is 542. The Labute approximate surface area is 128 Å². The minimum atomic E-state index is 0.322. The highest BCUT2D eigenvalue weighted by molar-refractivity contribution is 5.80. The summed E-state index contributed by atoms with van der Waals surface area (Å²) in [5.74, 6) is 2.72. The molecule has 1 heteroatoms. The fourth-order valence-electron chi connectivity index (χ4n) is 6.23. The van der Waals surface area contributed by atoms with E-state index in [1.807, 2.05) is 0 Å². The molecule has 21 heavy (non-hydrogen) atoms. The Kier molecular flexibility index (Phi) is 2.85. The van der Waals surface area contributed by atoms with E-state index in [9.17, 15) is 4.79 Å². The van der Waals surface area contributed by atoms with Crippen molar-refractivity contribution in [2.45, 2.75) is 65.2 Å². The van der Waals surface area contributed by atoms with Gasteiger partial charge < -0.3 is 0 Å². The van der Waals surface area contributed by atoms with Crippen LogP contribution < -0.4 is 0 Å². The van der Waals surface area contributed by atoms with Gasteiger partial charge in [0.1, 0.15) is 5.78 Å². The van der Waals surface area contributed by atoms with Gasteiger partial charge in [-0.05, 0) is 67.1 Å². The molecule has 0 saturated heterocycles. The highest BCUT2D eigenvalue weighted by Gasteiger charge is 2.55. The normalized spacial score (nSPS) is 49.2. The zero-order valence-corrected chi connectivity index (χ0v) is 13.6. The van der Waals surface area contributed by atoms with Crippen LogP contribution in [-0.2, 0) is 4.79 Å². The Hall–Kier alpha value is -0.850. The van der Waals surface area contributed by atoms with Crippen LogP contribution in [0.15, 0.2) is 23.8 Å². The largest absolute Gasteiger partial charge is 0.300 e. The quantitative estimate of drug-likeness (QED) is 0.567. The van der Waals surface area contributed by atoms with Crippen LogP contribution in [0.1, 0.15) is 65.2 Å². The van der Waals surface area contributed by atoms with Gasteiger partial charge in [0.05, 0.1) is 0 Å². The van der Waals surface area contributed by atoms with Crippen molar-refractivity contribution in [3.8, 4) is 0 Å². The number of hydrogen-bond acceptors (Lipinski definition) is 1. The first-order valence-corrected chi connectivity index (χ1v) is 8.85. The number of hydrogen-bond donors (Lipinski definition) is 0. The lowest BCUT2D eigenvalue weighted by atomic mass is 9.49. The molecule has 0 aromatic rings. The molecule has 1 nitrogen and oxygen atoms in total. The third-order valence-corrected chi connectivity index (χ3v) is 7.80. The third kappa shape index (κ3) is 1.72. The molecule has 5 atom stereocenters. The maximum Gasteiger partial charge on any atom is 0.133 e. The molecule has 0 radical (unpaired) electrons. The molecule has 0 N–H and O–H groups in total. The molecule has 4 aliphatic rings. The molecule has 3 saturated carbocycles. The third-order valence-electron chi connectivity index (χ3n) is 7.80. The van der Waals surface area contributed by atoms with E-state index in [4.69, 9.17) is 0 Å². The first-order chi connectivity index (χ1) is 9.95. The second-order valence-electron chi connectivity index (χ2n) is 8.57. The smallest absolute Gasteiger partial charge is 0.133 e. The van der Waals surface area contributed by atoms with Crippen LogP contribution >= 0.6 is 0 Å². The van der Waals surface area contributed by atoms with Gasteiger partial charge in [0.15, 0.2) is 0 Å². The summed E-state index contributed by atoms with van der Waals surface area (Å²) in [6.45, 7) is 9.31. The molecule has 3 fully saturated rings. The van der Waals surface area contributed by atoms with Gasteiger partial charge in [-0.15, -0.1) is 0 Å². The number of Topliss-reactive ketones (excluding diaryl/α,β-unsaturated/α-hetero) is 1. The minimum Gasteiger partial charge on any atom is -0.300 e. The lowest BCUT2D eigenvalue weighted by Gasteiger charge is -2.55. The summed E-state index contributed by atoms with van der Waals surface area (Å²) in [5.41, 5.74) is 3.92. The Morgan fingerprint density at radius 1 is 1.14 bits per heavy atom. The molecular weight excluding hydrogens is 256 g/mol. The topological polar surface area (TPSA) is 17.1 Å².